The van der Waals surface area contributed by atoms with Crippen LogP contribution in [0.3, 0.4) is 0 Å². The van der Waals surface area contributed by atoms with Crippen LogP contribution in [0.15, 0.2) is 12.3 Å². The fourth-order valence-electron chi connectivity index (χ4n) is 0.700. The van der Waals surface area contributed by atoms with Gasteiger partial charge in [-0.25, -0.2) is 9.97 Å². The Bertz CT molecular complexity index is 286. The van der Waals surface area contributed by atoms with Crippen LogP contribution in [0.1, 0.15) is 5.69 Å². The molecule has 0 aromatic carbocycles. The molecule has 64 valence electrons. The number of hydrogen-bond donors (Lipinski definition) is 2. The van der Waals surface area contributed by atoms with Crippen LogP contribution in [-0.4, -0.2) is 22.4 Å². The molecule has 0 radical (unpaired) electrons. The number of carbonyl (C=O) groups is 1. The zero-order chi connectivity index (χ0) is 8.97. The van der Waals surface area contributed by atoms with Gasteiger partial charge in [0.1, 0.15) is 0 Å². The van der Waals surface area contributed by atoms with Gasteiger partial charge in [0.15, 0.2) is 0 Å². The molecule has 0 unspecified atom stereocenters. The van der Waals surface area contributed by atoms with Crippen molar-refractivity contribution in [1.82, 2.24) is 9.97 Å². The first-order chi connectivity index (χ1) is 5.68. The molecule has 0 fully saturated rings. The topological polar surface area (TPSA) is 80.9 Å². The van der Waals surface area contributed by atoms with Crippen molar-refractivity contribution in [3.05, 3.63) is 18.0 Å². The molecule has 3 N–H and O–H groups in total. The Morgan fingerprint density at radius 3 is 3.08 bits per heavy atom. The summed E-state index contributed by atoms with van der Waals surface area (Å²) in [5.74, 6) is -0.00564. The van der Waals surface area contributed by atoms with Gasteiger partial charge >= 0.3 is 0 Å². The summed E-state index contributed by atoms with van der Waals surface area (Å²) in [6.07, 6.45) is 1.62. The van der Waals surface area contributed by atoms with Gasteiger partial charge in [0.25, 0.3) is 0 Å². The zero-order valence-electron chi connectivity index (χ0n) is 6.74. The SMILES string of the molecule is Cc1ccnc(NCC(N)=O)n1. The van der Waals surface area contributed by atoms with E-state index in [0.29, 0.717) is 5.95 Å². The Hall–Kier alpha value is -1.65. The van der Waals surface area contributed by atoms with Gasteiger partial charge in [-0.3, -0.25) is 4.79 Å². The summed E-state index contributed by atoms with van der Waals surface area (Å²) in [5, 5.41) is 2.69. The molecule has 0 atom stereocenters. The van der Waals surface area contributed by atoms with Crippen molar-refractivity contribution in [2.45, 2.75) is 6.92 Å². The van der Waals surface area contributed by atoms with E-state index in [0.717, 1.165) is 5.69 Å². The first kappa shape index (κ1) is 8.45. The molecule has 0 aliphatic carbocycles. The summed E-state index contributed by atoms with van der Waals surface area (Å²) >= 11 is 0. The van der Waals surface area contributed by atoms with Crippen molar-refractivity contribution in [2.24, 2.45) is 5.73 Å². The Morgan fingerprint density at radius 1 is 1.75 bits per heavy atom. The van der Waals surface area contributed by atoms with Crippen molar-refractivity contribution >= 4 is 11.9 Å². The monoisotopic (exact) mass is 166 g/mol. The molecule has 1 amide bonds. The second kappa shape index (κ2) is 3.66. The number of anilines is 1. The molecule has 0 saturated carbocycles. The molecule has 0 saturated heterocycles. The Balaban J connectivity index is 2.57. The normalized spacial score (nSPS) is 9.42. The van der Waals surface area contributed by atoms with E-state index >= 15 is 0 Å². The number of rotatable bonds is 3. The smallest absolute Gasteiger partial charge is 0.236 e. The molecule has 1 aromatic heterocycles. The minimum absolute atomic E-state index is 0.0590. The summed E-state index contributed by atoms with van der Waals surface area (Å²) in [5.41, 5.74) is 5.77. The van der Waals surface area contributed by atoms with Crippen LogP contribution in [-0.2, 0) is 4.79 Å². The molecular weight excluding hydrogens is 156 g/mol. The van der Waals surface area contributed by atoms with E-state index < -0.39 is 5.91 Å². The van der Waals surface area contributed by atoms with Gasteiger partial charge in [-0.1, -0.05) is 0 Å². The Morgan fingerprint density at radius 2 is 2.50 bits per heavy atom. The van der Waals surface area contributed by atoms with Gasteiger partial charge in [-0.05, 0) is 13.0 Å². The molecule has 1 heterocycles. The predicted molar refractivity (Wildman–Crippen MR) is 44.5 cm³/mol. The van der Waals surface area contributed by atoms with Crippen LogP contribution in [0.2, 0.25) is 0 Å². The van der Waals surface area contributed by atoms with E-state index in [2.05, 4.69) is 15.3 Å². The van der Waals surface area contributed by atoms with Gasteiger partial charge in [0.2, 0.25) is 11.9 Å². The van der Waals surface area contributed by atoms with Crippen LogP contribution in [0.25, 0.3) is 0 Å². The molecular formula is C7H10N4O. The number of nitrogens with two attached hydrogens (primary N) is 1. The number of aromatic nitrogens is 2. The molecule has 1 rings (SSSR count). The molecule has 0 bridgehead atoms. The second-order valence-electron chi connectivity index (χ2n) is 2.34. The third-order valence-electron chi connectivity index (χ3n) is 1.22. The third-order valence-corrected chi connectivity index (χ3v) is 1.22. The first-order valence-corrected chi connectivity index (χ1v) is 3.50. The number of amides is 1. The number of aryl methyl sites for hydroxylation is 1. The highest BCUT2D eigenvalue weighted by molar-refractivity contribution is 5.78. The van der Waals surface area contributed by atoms with Crippen LogP contribution < -0.4 is 11.1 Å². The Labute approximate surface area is 70.0 Å². The van der Waals surface area contributed by atoms with E-state index in [1.807, 2.05) is 6.92 Å². The largest absolute Gasteiger partial charge is 0.368 e. The standard InChI is InChI=1S/C7H10N4O/c1-5-2-3-9-7(11-5)10-4-6(8)12/h2-3H,4H2,1H3,(H2,8,12)(H,9,10,11). The third kappa shape index (κ3) is 2.53. The maximum atomic E-state index is 10.4. The highest BCUT2D eigenvalue weighted by atomic mass is 16.1. The van der Waals surface area contributed by atoms with Gasteiger partial charge in [-0.2, -0.15) is 0 Å². The number of nitrogens with zero attached hydrogens (tertiary/aromatic N) is 2. The molecule has 5 heteroatoms. The van der Waals surface area contributed by atoms with Crippen LogP contribution in [0.4, 0.5) is 5.95 Å². The van der Waals surface area contributed by atoms with Gasteiger partial charge in [0, 0.05) is 11.9 Å². The number of carbonyl (C=O) groups excluding carboxylic acids is 1. The first-order valence-electron chi connectivity index (χ1n) is 3.50. The Kier molecular flexibility index (Phi) is 2.57. The predicted octanol–water partition coefficient (Wildman–Crippen LogP) is -0.318. The maximum absolute atomic E-state index is 10.4. The summed E-state index contributed by atoms with van der Waals surface area (Å²) in [4.78, 5) is 18.3. The summed E-state index contributed by atoms with van der Waals surface area (Å²) in [6.45, 7) is 1.90. The minimum Gasteiger partial charge on any atom is -0.368 e. The zero-order valence-corrected chi connectivity index (χ0v) is 6.74. The van der Waals surface area contributed by atoms with Crippen LogP contribution in [0.5, 0.6) is 0 Å². The molecule has 0 aliphatic heterocycles. The fraction of sp³-hybridized carbons (Fsp3) is 0.286. The minimum atomic E-state index is -0.430. The lowest BCUT2D eigenvalue weighted by Crippen LogP contribution is -2.22. The molecule has 1 aromatic rings. The molecule has 0 aliphatic rings. The van der Waals surface area contributed by atoms with E-state index in [1.54, 1.807) is 12.3 Å². The van der Waals surface area contributed by atoms with Crippen molar-refractivity contribution in [1.29, 1.82) is 0 Å². The van der Waals surface area contributed by atoms with Crippen molar-refractivity contribution in [2.75, 3.05) is 11.9 Å². The molecule has 12 heavy (non-hydrogen) atoms. The van der Waals surface area contributed by atoms with Crippen molar-refractivity contribution < 1.29 is 4.79 Å². The average molecular weight is 166 g/mol. The highest BCUT2D eigenvalue weighted by Gasteiger charge is 1.96. The fourth-order valence-corrected chi connectivity index (χ4v) is 0.700. The van der Waals surface area contributed by atoms with Gasteiger partial charge in [0.05, 0.1) is 6.54 Å². The van der Waals surface area contributed by atoms with Gasteiger partial charge in [-0.15, -0.1) is 0 Å². The van der Waals surface area contributed by atoms with Crippen molar-refractivity contribution in [3.8, 4) is 0 Å². The van der Waals surface area contributed by atoms with E-state index in [-0.39, 0.29) is 6.54 Å². The van der Waals surface area contributed by atoms with E-state index in [9.17, 15) is 4.79 Å². The summed E-state index contributed by atoms with van der Waals surface area (Å²) < 4.78 is 0. The lowest BCUT2D eigenvalue weighted by atomic mass is 10.5. The number of primary amides is 1. The molecule has 5 nitrogen and oxygen atoms in total. The lowest BCUT2D eigenvalue weighted by Gasteiger charge is -2.00. The lowest BCUT2D eigenvalue weighted by molar-refractivity contribution is -0.116. The van der Waals surface area contributed by atoms with E-state index in [1.165, 1.54) is 0 Å². The summed E-state index contributed by atoms with van der Waals surface area (Å²) in [6, 6.07) is 1.77. The summed E-state index contributed by atoms with van der Waals surface area (Å²) in [7, 11) is 0. The maximum Gasteiger partial charge on any atom is 0.236 e. The van der Waals surface area contributed by atoms with E-state index in [4.69, 9.17) is 5.73 Å². The van der Waals surface area contributed by atoms with Crippen LogP contribution in [0, 0.1) is 6.92 Å². The molecule has 0 spiro atoms. The number of nitrogens with one attached hydrogen (secondary N) is 1. The van der Waals surface area contributed by atoms with Crippen LogP contribution >= 0.6 is 0 Å². The number of hydrogen-bond acceptors (Lipinski definition) is 4. The van der Waals surface area contributed by atoms with Gasteiger partial charge < -0.3 is 11.1 Å². The second-order valence-corrected chi connectivity index (χ2v) is 2.34. The quantitative estimate of drug-likeness (QED) is 0.645. The average Bonchev–Trinajstić information content (AvgIpc) is 2.01. The highest BCUT2D eigenvalue weighted by Crippen LogP contribution is 1.97. The van der Waals surface area contributed by atoms with Crippen molar-refractivity contribution in [3.63, 3.8) is 0 Å².